The molecule has 0 heterocycles. The maximum absolute atomic E-state index is 13.4. The van der Waals surface area contributed by atoms with Crippen molar-refractivity contribution in [3.8, 4) is 0 Å². The third-order valence-electron chi connectivity index (χ3n) is 3.63. The number of unbranched alkanes of at least 4 members (excludes halogenated alkanes) is 1. The number of aryl methyl sites for hydroxylation is 1. The highest BCUT2D eigenvalue weighted by molar-refractivity contribution is 6.67. The van der Waals surface area contributed by atoms with Crippen LogP contribution < -0.4 is 0 Å². The van der Waals surface area contributed by atoms with Gasteiger partial charge in [0.1, 0.15) is 5.82 Å². The first-order valence-corrected chi connectivity index (χ1v) is 8.94. The van der Waals surface area contributed by atoms with Gasteiger partial charge < -0.3 is 8.85 Å². The third-order valence-corrected chi connectivity index (χ3v) is 7.31. The summed E-state index contributed by atoms with van der Waals surface area (Å²) in [5.41, 5.74) is 0.211. The standard InChI is InChI=1S/C14H21F3O2Si/c1-4-20(18-2,19-3)8-6-5-7-11-9-13(16)14(17)10-12(11)15/h9-10H,4-8H2,1-3H3. The van der Waals surface area contributed by atoms with Crippen LogP contribution in [0.25, 0.3) is 0 Å². The van der Waals surface area contributed by atoms with E-state index in [4.69, 9.17) is 8.85 Å². The highest BCUT2D eigenvalue weighted by atomic mass is 28.4. The molecule has 1 aromatic rings. The Hall–Kier alpha value is -0.853. The van der Waals surface area contributed by atoms with Gasteiger partial charge in [-0.1, -0.05) is 13.3 Å². The third kappa shape index (κ3) is 4.33. The van der Waals surface area contributed by atoms with Gasteiger partial charge in [0.15, 0.2) is 11.6 Å². The summed E-state index contributed by atoms with van der Waals surface area (Å²) in [6.07, 6.45) is 1.87. The van der Waals surface area contributed by atoms with Gasteiger partial charge >= 0.3 is 8.56 Å². The Morgan fingerprint density at radius 2 is 1.55 bits per heavy atom. The lowest BCUT2D eigenvalue weighted by Crippen LogP contribution is -2.38. The number of hydrogen-bond donors (Lipinski definition) is 0. The van der Waals surface area contributed by atoms with E-state index >= 15 is 0 Å². The van der Waals surface area contributed by atoms with Crippen molar-refractivity contribution in [2.24, 2.45) is 0 Å². The quantitative estimate of drug-likeness (QED) is 0.407. The number of halogens is 3. The fourth-order valence-corrected chi connectivity index (χ4v) is 4.51. The molecule has 0 spiro atoms. The Balaban J connectivity index is 2.51. The molecule has 6 heteroatoms. The van der Waals surface area contributed by atoms with E-state index in [0.717, 1.165) is 24.6 Å². The van der Waals surface area contributed by atoms with Gasteiger partial charge in [0.2, 0.25) is 0 Å². The van der Waals surface area contributed by atoms with Crippen LogP contribution in [-0.4, -0.2) is 22.8 Å². The lowest BCUT2D eigenvalue weighted by molar-refractivity contribution is 0.241. The van der Waals surface area contributed by atoms with Crippen LogP contribution in [0.4, 0.5) is 13.2 Å². The fourth-order valence-electron chi connectivity index (χ4n) is 2.22. The molecule has 0 saturated heterocycles. The molecule has 0 amide bonds. The van der Waals surface area contributed by atoms with E-state index in [9.17, 15) is 13.2 Å². The van der Waals surface area contributed by atoms with E-state index in [1.807, 2.05) is 6.92 Å². The molecule has 0 aliphatic rings. The summed E-state index contributed by atoms with van der Waals surface area (Å²) in [5, 5.41) is 0. The predicted octanol–water partition coefficient (Wildman–Crippen LogP) is 4.18. The van der Waals surface area contributed by atoms with Crippen molar-refractivity contribution >= 4 is 8.56 Å². The number of rotatable bonds is 8. The van der Waals surface area contributed by atoms with Crippen LogP contribution in [0.5, 0.6) is 0 Å². The fraction of sp³-hybridized carbons (Fsp3) is 0.571. The lowest BCUT2D eigenvalue weighted by Gasteiger charge is -2.25. The molecule has 0 N–H and O–H groups in total. The van der Waals surface area contributed by atoms with Crippen molar-refractivity contribution in [1.82, 2.24) is 0 Å². The van der Waals surface area contributed by atoms with Gasteiger partial charge in [0, 0.05) is 20.3 Å². The van der Waals surface area contributed by atoms with E-state index in [1.165, 1.54) is 0 Å². The Bertz CT molecular complexity index is 428. The molecule has 1 rings (SSSR count). The highest BCUT2D eigenvalue weighted by Gasteiger charge is 2.32. The van der Waals surface area contributed by atoms with E-state index in [1.54, 1.807) is 14.2 Å². The van der Waals surface area contributed by atoms with Crippen molar-refractivity contribution in [1.29, 1.82) is 0 Å². The average Bonchev–Trinajstić information content (AvgIpc) is 2.45. The number of benzene rings is 1. The van der Waals surface area contributed by atoms with Crippen molar-refractivity contribution in [2.75, 3.05) is 14.2 Å². The SMILES string of the molecule is CC[Si](CCCCc1cc(F)c(F)cc1F)(OC)OC. The van der Waals surface area contributed by atoms with Crippen molar-refractivity contribution < 1.29 is 22.0 Å². The van der Waals surface area contributed by atoms with Crippen molar-refractivity contribution in [3.05, 3.63) is 35.1 Å². The maximum Gasteiger partial charge on any atom is 0.337 e. The van der Waals surface area contributed by atoms with E-state index in [-0.39, 0.29) is 5.56 Å². The first-order chi connectivity index (χ1) is 9.48. The second-order valence-electron chi connectivity index (χ2n) is 4.74. The molecular formula is C14H21F3O2Si. The molecule has 2 nitrogen and oxygen atoms in total. The van der Waals surface area contributed by atoms with Crippen LogP contribution in [0.3, 0.4) is 0 Å². The van der Waals surface area contributed by atoms with E-state index in [0.29, 0.717) is 18.9 Å². The topological polar surface area (TPSA) is 18.5 Å². The molecule has 0 aliphatic carbocycles. The minimum absolute atomic E-state index is 0.211. The summed E-state index contributed by atoms with van der Waals surface area (Å²) in [6, 6.07) is 3.18. The summed E-state index contributed by atoms with van der Waals surface area (Å²) >= 11 is 0. The summed E-state index contributed by atoms with van der Waals surface area (Å²) in [6.45, 7) is 2.02. The van der Waals surface area contributed by atoms with Crippen LogP contribution in [0.15, 0.2) is 12.1 Å². The summed E-state index contributed by atoms with van der Waals surface area (Å²) in [4.78, 5) is 0. The van der Waals surface area contributed by atoms with Crippen LogP contribution >= 0.6 is 0 Å². The Morgan fingerprint density at radius 3 is 2.10 bits per heavy atom. The highest BCUT2D eigenvalue weighted by Crippen LogP contribution is 2.22. The van der Waals surface area contributed by atoms with Gasteiger partial charge in [-0.3, -0.25) is 0 Å². The zero-order chi connectivity index (χ0) is 15.2. The first kappa shape index (κ1) is 17.2. The van der Waals surface area contributed by atoms with Crippen LogP contribution in [0.1, 0.15) is 25.3 Å². The Labute approximate surface area is 119 Å². The first-order valence-electron chi connectivity index (χ1n) is 6.71. The second-order valence-corrected chi connectivity index (χ2v) is 8.58. The predicted molar refractivity (Wildman–Crippen MR) is 74.3 cm³/mol. The van der Waals surface area contributed by atoms with Gasteiger partial charge in [0.05, 0.1) is 0 Å². The molecule has 1 aromatic carbocycles. The summed E-state index contributed by atoms with van der Waals surface area (Å²) < 4.78 is 50.2. The van der Waals surface area contributed by atoms with Gasteiger partial charge in [-0.05, 0) is 36.6 Å². The molecule has 0 fully saturated rings. The van der Waals surface area contributed by atoms with Crippen LogP contribution in [-0.2, 0) is 15.3 Å². The van der Waals surface area contributed by atoms with Gasteiger partial charge in [0.25, 0.3) is 0 Å². The maximum atomic E-state index is 13.4. The smallest absolute Gasteiger partial charge is 0.337 e. The van der Waals surface area contributed by atoms with Crippen LogP contribution in [0, 0.1) is 17.5 Å². The molecule has 0 atom stereocenters. The van der Waals surface area contributed by atoms with Gasteiger partial charge in [-0.15, -0.1) is 0 Å². The zero-order valence-corrected chi connectivity index (χ0v) is 13.1. The molecule has 0 saturated carbocycles. The van der Waals surface area contributed by atoms with E-state index < -0.39 is 26.0 Å². The lowest BCUT2D eigenvalue weighted by atomic mass is 10.1. The molecule has 0 aromatic heterocycles. The largest absolute Gasteiger partial charge is 0.398 e. The zero-order valence-electron chi connectivity index (χ0n) is 12.1. The Kier molecular flexibility index (Phi) is 6.71. The summed E-state index contributed by atoms with van der Waals surface area (Å²) in [7, 11) is 1.18. The van der Waals surface area contributed by atoms with E-state index in [2.05, 4.69) is 0 Å². The van der Waals surface area contributed by atoms with Crippen molar-refractivity contribution in [2.45, 2.75) is 38.3 Å². The second kappa shape index (κ2) is 7.80. The summed E-state index contributed by atoms with van der Waals surface area (Å²) in [5.74, 6) is -2.85. The average molecular weight is 306 g/mol. The van der Waals surface area contributed by atoms with Crippen LogP contribution in [0.2, 0.25) is 12.1 Å². The Morgan fingerprint density at radius 1 is 0.950 bits per heavy atom. The van der Waals surface area contributed by atoms with Gasteiger partial charge in [-0.2, -0.15) is 0 Å². The molecule has 0 radical (unpaired) electrons. The monoisotopic (exact) mass is 306 g/mol. The molecule has 0 aliphatic heterocycles. The number of hydrogen-bond acceptors (Lipinski definition) is 2. The molecular weight excluding hydrogens is 285 g/mol. The molecule has 20 heavy (non-hydrogen) atoms. The van der Waals surface area contributed by atoms with Crippen molar-refractivity contribution in [3.63, 3.8) is 0 Å². The minimum Gasteiger partial charge on any atom is -0.398 e. The molecule has 114 valence electrons. The minimum atomic E-state index is -2.12. The normalized spacial score (nSPS) is 11.9. The molecule has 0 unspecified atom stereocenters. The van der Waals surface area contributed by atoms with Gasteiger partial charge in [-0.25, -0.2) is 13.2 Å². The molecule has 0 bridgehead atoms.